The molecule has 0 spiro atoms. The Morgan fingerprint density at radius 2 is 2.15 bits per heavy atom. The van der Waals surface area contributed by atoms with Crippen molar-refractivity contribution in [2.45, 2.75) is 26.3 Å². The van der Waals surface area contributed by atoms with Gasteiger partial charge in [0.1, 0.15) is 6.07 Å². The van der Waals surface area contributed by atoms with Crippen molar-refractivity contribution in [2.24, 2.45) is 0 Å². The predicted octanol–water partition coefficient (Wildman–Crippen LogP) is 2.41. The summed E-state index contributed by atoms with van der Waals surface area (Å²) in [5, 5.41) is 13.2. The molecule has 13 heavy (non-hydrogen) atoms. The first kappa shape index (κ1) is 10.2. The minimum atomic E-state index is -0.0389. The van der Waals surface area contributed by atoms with Crippen molar-refractivity contribution < 1.29 is 0 Å². The van der Waals surface area contributed by atoms with Crippen LogP contribution in [0.25, 0.3) is 0 Å². The molecule has 0 unspecified atom stereocenters. The van der Waals surface area contributed by atoms with Gasteiger partial charge < -0.3 is 5.32 Å². The highest BCUT2D eigenvalue weighted by Crippen LogP contribution is 2.28. The standard InChI is InChI=1S/C10H14N2S/c1-7-5-10(2,3)12-9(13-4)8(7)6-11/h5,12H,1-4H3. The normalized spacial score (nSPS) is 20.4. The van der Waals surface area contributed by atoms with Gasteiger partial charge >= 0.3 is 0 Å². The second kappa shape index (κ2) is 3.47. The molecule has 0 aromatic rings. The van der Waals surface area contributed by atoms with Crippen molar-refractivity contribution in [3.05, 3.63) is 22.3 Å². The summed E-state index contributed by atoms with van der Waals surface area (Å²) in [5.74, 6) is 0. The van der Waals surface area contributed by atoms with E-state index in [1.807, 2.05) is 13.2 Å². The summed E-state index contributed by atoms with van der Waals surface area (Å²) in [6.07, 6.45) is 4.07. The van der Waals surface area contributed by atoms with Crippen LogP contribution in [0.15, 0.2) is 22.3 Å². The summed E-state index contributed by atoms with van der Waals surface area (Å²) in [6, 6.07) is 2.22. The van der Waals surface area contributed by atoms with Gasteiger partial charge in [-0.15, -0.1) is 11.8 Å². The molecule has 1 N–H and O–H groups in total. The van der Waals surface area contributed by atoms with Crippen LogP contribution in [0.1, 0.15) is 20.8 Å². The Morgan fingerprint density at radius 3 is 2.62 bits per heavy atom. The van der Waals surface area contributed by atoms with E-state index >= 15 is 0 Å². The fourth-order valence-electron chi connectivity index (χ4n) is 1.48. The summed E-state index contributed by atoms with van der Waals surface area (Å²) in [6.45, 7) is 6.18. The Bertz CT molecular complexity index is 318. The summed E-state index contributed by atoms with van der Waals surface area (Å²) < 4.78 is 0. The zero-order valence-electron chi connectivity index (χ0n) is 8.43. The monoisotopic (exact) mass is 194 g/mol. The van der Waals surface area contributed by atoms with Crippen LogP contribution in [0.3, 0.4) is 0 Å². The topological polar surface area (TPSA) is 35.8 Å². The molecule has 0 radical (unpaired) electrons. The van der Waals surface area contributed by atoms with E-state index in [1.54, 1.807) is 11.8 Å². The predicted molar refractivity (Wildman–Crippen MR) is 57.1 cm³/mol. The molecule has 70 valence electrons. The number of allylic oxidation sites excluding steroid dienone is 2. The molecule has 0 amide bonds. The molecular formula is C10H14N2S. The molecule has 0 bridgehead atoms. The van der Waals surface area contributed by atoms with Gasteiger partial charge in [0.05, 0.1) is 16.1 Å². The van der Waals surface area contributed by atoms with Crippen LogP contribution in [-0.4, -0.2) is 11.8 Å². The van der Waals surface area contributed by atoms with Gasteiger partial charge in [0.25, 0.3) is 0 Å². The maximum Gasteiger partial charge on any atom is 0.102 e. The molecule has 3 heteroatoms. The van der Waals surface area contributed by atoms with Crippen LogP contribution >= 0.6 is 11.8 Å². The van der Waals surface area contributed by atoms with Gasteiger partial charge in [-0.3, -0.25) is 0 Å². The molecule has 0 aromatic carbocycles. The van der Waals surface area contributed by atoms with Crippen molar-refractivity contribution in [3.8, 4) is 6.07 Å². The van der Waals surface area contributed by atoms with E-state index < -0.39 is 0 Å². The van der Waals surface area contributed by atoms with Crippen molar-refractivity contribution >= 4 is 11.8 Å². The van der Waals surface area contributed by atoms with Crippen molar-refractivity contribution in [1.29, 1.82) is 5.26 Å². The van der Waals surface area contributed by atoms with Gasteiger partial charge in [0, 0.05) is 0 Å². The highest BCUT2D eigenvalue weighted by Gasteiger charge is 2.23. The van der Waals surface area contributed by atoms with Gasteiger partial charge in [-0.25, -0.2) is 0 Å². The number of nitrogens with one attached hydrogen (secondary N) is 1. The summed E-state index contributed by atoms with van der Waals surface area (Å²) >= 11 is 1.59. The molecule has 0 saturated heterocycles. The van der Waals surface area contributed by atoms with Crippen molar-refractivity contribution in [2.75, 3.05) is 6.26 Å². The third kappa shape index (κ3) is 2.07. The number of nitriles is 1. The SMILES string of the molecule is CSC1=C(C#N)C(C)=CC(C)(C)N1. The highest BCUT2D eigenvalue weighted by atomic mass is 32.2. The van der Waals surface area contributed by atoms with E-state index in [4.69, 9.17) is 5.26 Å². The lowest BCUT2D eigenvalue weighted by Gasteiger charge is -2.30. The molecule has 2 nitrogen and oxygen atoms in total. The number of rotatable bonds is 1. The summed E-state index contributed by atoms with van der Waals surface area (Å²) in [4.78, 5) is 0. The third-order valence-electron chi connectivity index (χ3n) is 1.95. The lowest BCUT2D eigenvalue weighted by Crippen LogP contribution is -2.39. The fourth-order valence-corrected chi connectivity index (χ4v) is 2.25. The number of thioether (sulfide) groups is 1. The zero-order valence-corrected chi connectivity index (χ0v) is 9.25. The second-order valence-corrected chi connectivity index (χ2v) is 4.51. The number of hydrogen-bond acceptors (Lipinski definition) is 3. The molecule has 0 atom stereocenters. The number of dihydropyridines is 1. The van der Waals surface area contributed by atoms with Gasteiger partial charge in [0.2, 0.25) is 0 Å². The Morgan fingerprint density at radius 1 is 1.54 bits per heavy atom. The molecule has 0 fully saturated rings. The fraction of sp³-hybridized carbons (Fsp3) is 0.500. The van der Waals surface area contributed by atoms with Gasteiger partial charge in [0.15, 0.2) is 0 Å². The first-order valence-corrected chi connectivity index (χ1v) is 5.39. The highest BCUT2D eigenvalue weighted by molar-refractivity contribution is 8.02. The first-order chi connectivity index (χ1) is 6.00. The van der Waals surface area contributed by atoms with E-state index in [9.17, 15) is 0 Å². The summed E-state index contributed by atoms with van der Waals surface area (Å²) in [7, 11) is 0. The van der Waals surface area contributed by atoms with Crippen LogP contribution < -0.4 is 5.32 Å². The van der Waals surface area contributed by atoms with E-state index in [1.165, 1.54) is 0 Å². The lowest BCUT2D eigenvalue weighted by molar-refractivity contribution is 0.535. The van der Waals surface area contributed by atoms with Crippen LogP contribution in [0.4, 0.5) is 0 Å². The number of hydrogen-bond donors (Lipinski definition) is 1. The van der Waals surface area contributed by atoms with E-state index in [0.29, 0.717) is 0 Å². The largest absolute Gasteiger partial charge is 0.370 e. The molecular weight excluding hydrogens is 180 g/mol. The molecule has 0 aliphatic carbocycles. The molecule has 1 aliphatic rings. The Kier molecular flexibility index (Phi) is 2.72. The van der Waals surface area contributed by atoms with E-state index in [0.717, 1.165) is 16.2 Å². The van der Waals surface area contributed by atoms with Crippen molar-refractivity contribution in [3.63, 3.8) is 0 Å². The zero-order chi connectivity index (χ0) is 10.1. The Labute approximate surface area is 83.7 Å². The molecule has 0 saturated carbocycles. The quantitative estimate of drug-likeness (QED) is 0.696. The Balaban J connectivity index is 3.13. The van der Waals surface area contributed by atoms with Crippen LogP contribution in [0.2, 0.25) is 0 Å². The first-order valence-electron chi connectivity index (χ1n) is 4.16. The number of nitrogens with zero attached hydrogens (tertiary/aromatic N) is 1. The van der Waals surface area contributed by atoms with Gasteiger partial charge in [-0.1, -0.05) is 6.08 Å². The molecule has 1 heterocycles. The average molecular weight is 194 g/mol. The second-order valence-electron chi connectivity index (χ2n) is 3.69. The minimum absolute atomic E-state index is 0.0389. The average Bonchev–Trinajstić information content (AvgIpc) is 2.01. The van der Waals surface area contributed by atoms with Gasteiger partial charge in [-0.2, -0.15) is 5.26 Å². The molecule has 0 aromatic heterocycles. The molecule has 1 rings (SSSR count). The Hall–Kier alpha value is -0.880. The minimum Gasteiger partial charge on any atom is -0.370 e. The van der Waals surface area contributed by atoms with Crippen molar-refractivity contribution in [1.82, 2.24) is 5.32 Å². The van der Waals surface area contributed by atoms with Gasteiger partial charge in [-0.05, 0) is 32.6 Å². The smallest absolute Gasteiger partial charge is 0.102 e. The van der Waals surface area contributed by atoms with E-state index in [-0.39, 0.29) is 5.54 Å². The van der Waals surface area contributed by atoms with E-state index in [2.05, 4.69) is 31.3 Å². The summed E-state index contributed by atoms with van der Waals surface area (Å²) in [5.41, 5.74) is 1.80. The van der Waals surface area contributed by atoms with Crippen LogP contribution in [-0.2, 0) is 0 Å². The maximum atomic E-state index is 8.93. The lowest BCUT2D eigenvalue weighted by atomic mass is 9.95. The maximum absolute atomic E-state index is 8.93. The van der Waals surface area contributed by atoms with Crippen LogP contribution in [0.5, 0.6) is 0 Å². The van der Waals surface area contributed by atoms with Crippen LogP contribution in [0, 0.1) is 11.3 Å². The third-order valence-corrected chi connectivity index (χ3v) is 2.66. The molecule has 1 aliphatic heterocycles.